The van der Waals surface area contributed by atoms with Crippen molar-refractivity contribution in [3.05, 3.63) is 96.1 Å². The first-order valence-corrected chi connectivity index (χ1v) is 9.34. The Hall–Kier alpha value is -4.53. The maximum Gasteiger partial charge on any atom is 0.271 e. The average Bonchev–Trinajstić information content (AvgIpc) is 3.28. The summed E-state index contributed by atoms with van der Waals surface area (Å²) in [4.78, 5) is 15.8. The third-order valence-electron chi connectivity index (χ3n) is 4.22. The van der Waals surface area contributed by atoms with Gasteiger partial charge in [-0.1, -0.05) is 11.3 Å². The van der Waals surface area contributed by atoms with Gasteiger partial charge in [-0.3, -0.25) is 9.78 Å². The van der Waals surface area contributed by atoms with E-state index in [9.17, 15) is 9.90 Å². The molecular formula is C22H18N6O3. The lowest BCUT2D eigenvalue weighted by Gasteiger charge is -2.04. The fraction of sp³-hybridized carbons (Fsp3) is 0.0455. The molecular weight excluding hydrogens is 396 g/mol. The first-order chi connectivity index (χ1) is 15.2. The van der Waals surface area contributed by atoms with Crippen molar-refractivity contribution < 1.29 is 14.6 Å². The summed E-state index contributed by atoms with van der Waals surface area (Å²) in [6.07, 6.45) is 6.37. The second kappa shape index (κ2) is 9.31. The normalized spacial score (nSPS) is 10.8. The van der Waals surface area contributed by atoms with Crippen LogP contribution in [0.15, 0.2) is 84.4 Å². The van der Waals surface area contributed by atoms with Crippen molar-refractivity contribution in [2.75, 3.05) is 0 Å². The van der Waals surface area contributed by atoms with Crippen LogP contribution >= 0.6 is 0 Å². The van der Waals surface area contributed by atoms with Crippen LogP contribution in [0.25, 0.3) is 5.69 Å². The summed E-state index contributed by atoms with van der Waals surface area (Å²) in [7, 11) is 0. The maximum absolute atomic E-state index is 11.9. The molecule has 9 nitrogen and oxygen atoms in total. The highest BCUT2D eigenvalue weighted by atomic mass is 16.5. The Balaban J connectivity index is 1.29. The maximum atomic E-state index is 11.9. The molecule has 1 amide bonds. The summed E-state index contributed by atoms with van der Waals surface area (Å²) in [5.41, 5.74) is 5.11. The zero-order valence-electron chi connectivity index (χ0n) is 16.3. The summed E-state index contributed by atoms with van der Waals surface area (Å²) < 4.78 is 7.30. The fourth-order valence-electron chi connectivity index (χ4n) is 2.67. The first-order valence-electron chi connectivity index (χ1n) is 9.34. The number of carbonyl (C=O) groups is 1. The van der Waals surface area contributed by atoms with Crippen molar-refractivity contribution in [3.63, 3.8) is 0 Å². The number of pyridine rings is 1. The van der Waals surface area contributed by atoms with Gasteiger partial charge in [-0.2, -0.15) is 5.10 Å². The van der Waals surface area contributed by atoms with Gasteiger partial charge >= 0.3 is 0 Å². The highest BCUT2D eigenvalue weighted by Crippen LogP contribution is 2.16. The number of phenolic OH excluding ortho intramolecular Hbond substituents is 1. The van der Waals surface area contributed by atoms with Crippen LogP contribution in [0.3, 0.4) is 0 Å². The van der Waals surface area contributed by atoms with E-state index in [-0.39, 0.29) is 18.3 Å². The van der Waals surface area contributed by atoms with Crippen molar-refractivity contribution in [1.29, 1.82) is 0 Å². The number of hydrogen-bond donors (Lipinski definition) is 2. The molecule has 0 saturated heterocycles. The molecule has 0 bridgehead atoms. The molecule has 0 unspecified atom stereocenters. The van der Waals surface area contributed by atoms with E-state index < -0.39 is 0 Å². The fourth-order valence-corrected chi connectivity index (χ4v) is 2.67. The molecule has 0 atom stereocenters. The Labute approximate surface area is 177 Å². The molecule has 154 valence electrons. The van der Waals surface area contributed by atoms with E-state index in [1.807, 2.05) is 18.2 Å². The van der Waals surface area contributed by atoms with Crippen LogP contribution in [0.2, 0.25) is 0 Å². The summed E-state index contributed by atoms with van der Waals surface area (Å²) in [5.74, 6) is 0.508. The Morgan fingerprint density at radius 3 is 2.71 bits per heavy atom. The number of hydrazone groups is 1. The minimum absolute atomic E-state index is 0.159. The van der Waals surface area contributed by atoms with Gasteiger partial charge in [0.25, 0.3) is 5.91 Å². The summed E-state index contributed by atoms with van der Waals surface area (Å²) in [6.45, 7) is 0.244. The predicted octanol–water partition coefficient (Wildman–Crippen LogP) is 2.71. The second-order valence-electron chi connectivity index (χ2n) is 6.47. The number of aromatic nitrogens is 4. The zero-order valence-corrected chi connectivity index (χ0v) is 16.3. The monoisotopic (exact) mass is 414 g/mol. The number of ether oxygens (including phenoxy) is 1. The second-order valence-corrected chi connectivity index (χ2v) is 6.47. The van der Waals surface area contributed by atoms with Crippen molar-refractivity contribution in [2.24, 2.45) is 5.10 Å². The number of rotatable bonds is 7. The van der Waals surface area contributed by atoms with Crippen molar-refractivity contribution in [2.45, 2.75) is 6.61 Å². The summed E-state index contributed by atoms with van der Waals surface area (Å²) >= 11 is 0. The molecule has 0 aliphatic heterocycles. The average molecular weight is 414 g/mol. The molecule has 2 N–H and O–H groups in total. The molecule has 0 aliphatic rings. The van der Waals surface area contributed by atoms with Crippen LogP contribution in [0.5, 0.6) is 11.5 Å². The molecule has 2 aromatic heterocycles. The molecule has 2 aromatic carbocycles. The number of amides is 1. The van der Waals surface area contributed by atoms with Crippen molar-refractivity contribution >= 4 is 12.1 Å². The van der Waals surface area contributed by atoms with E-state index in [2.05, 4.69) is 25.8 Å². The molecule has 0 saturated carbocycles. The number of carbonyl (C=O) groups excluding carboxylic acids is 1. The summed E-state index contributed by atoms with van der Waals surface area (Å²) in [6, 6.07) is 17.2. The van der Waals surface area contributed by atoms with Crippen LogP contribution in [-0.2, 0) is 6.61 Å². The van der Waals surface area contributed by atoms with Crippen LogP contribution < -0.4 is 10.2 Å². The van der Waals surface area contributed by atoms with Gasteiger partial charge in [-0.15, -0.1) is 5.10 Å². The van der Waals surface area contributed by atoms with E-state index in [0.29, 0.717) is 22.7 Å². The first kappa shape index (κ1) is 19.8. The molecule has 0 radical (unpaired) electrons. The standard InChI is InChI=1S/C22H18N6O3/c29-20-3-1-2-19(12-20)28-14-18(25-27-28)15-31-21-6-4-16(5-7-21)13-24-26-22(30)17-8-10-23-11-9-17/h1-14,29H,15H2,(H,26,30)/b24-13+. The van der Waals surface area contributed by atoms with Gasteiger partial charge in [-0.05, 0) is 54.1 Å². The van der Waals surface area contributed by atoms with Crippen LogP contribution in [0.4, 0.5) is 0 Å². The van der Waals surface area contributed by atoms with E-state index >= 15 is 0 Å². The Bertz CT molecular complexity index is 1190. The van der Waals surface area contributed by atoms with Gasteiger partial charge < -0.3 is 9.84 Å². The van der Waals surface area contributed by atoms with E-state index in [1.165, 1.54) is 0 Å². The third-order valence-corrected chi connectivity index (χ3v) is 4.22. The third kappa shape index (κ3) is 5.30. The Morgan fingerprint density at radius 2 is 1.94 bits per heavy atom. The van der Waals surface area contributed by atoms with Crippen LogP contribution in [0.1, 0.15) is 21.6 Å². The van der Waals surface area contributed by atoms with Gasteiger partial charge in [0, 0.05) is 24.0 Å². The largest absolute Gasteiger partial charge is 0.508 e. The van der Waals surface area contributed by atoms with Gasteiger partial charge in [-0.25, -0.2) is 10.1 Å². The predicted molar refractivity (Wildman–Crippen MR) is 113 cm³/mol. The number of aromatic hydroxyl groups is 1. The quantitative estimate of drug-likeness (QED) is 0.355. The topological polar surface area (TPSA) is 115 Å². The van der Waals surface area contributed by atoms with Gasteiger partial charge in [0.05, 0.1) is 18.1 Å². The Morgan fingerprint density at radius 1 is 1.13 bits per heavy atom. The molecule has 9 heteroatoms. The van der Waals surface area contributed by atoms with Crippen LogP contribution in [-0.4, -0.2) is 37.2 Å². The zero-order chi connectivity index (χ0) is 21.5. The number of nitrogens with zero attached hydrogens (tertiary/aromatic N) is 5. The SMILES string of the molecule is O=C(N/N=C/c1ccc(OCc2cn(-c3cccc(O)c3)nn2)cc1)c1ccncc1. The minimum atomic E-state index is -0.308. The number of benzene rings is 2. The smallest absolute Gasteiger partial charge is 0.271 e. The minimum Gasteiger partial charge on any atom is -0.508 e. The lowest BCUT2D eigenvalue weighted by Crippen LogP contribution is -2.17. The van der Waals surface area contributed by atoms with Gasteiger partial charge in [0.1, 0.15) is 23.8 Å². The van der Waals surface area contributed by atoms with Crippen molar-refractivity contribution in [1.82, 2.24) is 25.4 Å². The van der Waals surface area contributed by atoms with Gasteiger partial charge in [0.15, 0.2) is 0 Å². The van der Waals surface area contributed by atoms with E-state index in [0.717, 1.165) is 5.56 Å². The highest BCUT2D eigenvalue weighted by molar-refractivity contribution is 5.94. The lowest BCUT2D eigenvalue weighted by molar-refractivity contribution is 0.0955. The highest BCUT2D eigenvalue weighted by Gasteiger charge is 2.05. The molecule has 31 heavy (non-hydrogen) atoms. The Kier molecular flexibility index (Phi) is 5.94. The molecule has 0 fully saturated rings. The number of nitrogens with one attached hydrogen (secondary N) is 1. The molecule has 4 rings (SSSR count). The van der Waals surface area contributed by atoms with Crippen LogP contribution in [0, 0.1) is 0 Å². The van der Waals surface area contributed by atoms with Crippen molar-refractivity contribution in [3.8, 4) is 17.2 Å². The van der Waals surface area contributed by atoms with Gasteiger partial charge in [0.2, 0.25) is 0 Å². The molecule has 4 aromatic rings. The lowest BCUT2D eigenvalue weighted by atomic mass is 10.2. The number of phenols is 1. The van der Waals surface area contributed by atoms with E-state index in [1.54, 1.807) is 72.0 Å². The number of hydrogen-bond acceptors (Lipinski definition) is 7. The van der Waals surface area contributed by atoms with E-state index in [4.69, 9.17) is 4.74 Å². The molecule has 2 heterocycles. The summed E-state index contributed by atoms with van der Waals surface area (Å²) in [5, 5.41) is 21.6. The molecule has 0 aliphatic carbocycles. The molecule has 0 spiro atoms.